The second-order valence-electron chi connectivity index (χ2n) is 6.65. The molecule has 0 saturated carbocycles. The number of rotatable bonds is 4. The van der Waals surface area contributed by atoms with Gasteiger partial charge in [-0.2, -0.15) is 0 Å². The molecule has 0 radical (unpaired) electrons. The van der Waals surface area contributed by atoms with E-state index in [1.165, 1.54) is 0 Å². The van der Waals surface area contributed by atoms with Crippen LogP contribution in [0, 0.1) is 0 Å². The maximum Gasteiger partial charge on any atom is 0.354 e. The van der Waals surface area contributed by atoms with E-state index in [1.807, 2.05) is 47.9 Å². The molecule has 0 atom stereocenters. The Morgan fingerprint density at radius 1 is 1.22 bits per heavy atom. The summed E-state index contributed by atoms with van der Waals surface area (Å²) < 4.78 is 7.32. The van der Waals surface area contributed by atoms with Crippen LogP contribution in [0.15, 0.2) is 42.6 Å². The Balaban J connectivity index is 1.92. The number of hydrogen-bond donors (Lipinski definition) is 1. The van der Waals surface area contributed by atoms with Crippen molar-refractivity contribution < 1.29 is 9.53 Å². The molecule has 2 N–H and O–H groups in total. The first-order chi connectivity index (χ1) is 13.2. The summed E-state index contributed by atoms with van der Waals surface area (Å²) in [5, 5.41) is 0. The number of nitrogens with zero attached hydrogens (tertiary/aromatic N) is 3. The van der Waals surface area contributed by atoms with Crippen molar-refractivity contribution in [3.8, 4) is 11.4 Å². The lowest BCUT2D eigenvalue weighted by molar-refractivity contribution is 0.0514. The van der Waals surface area contributed by atoms with Crippen LogP contribution in [0.3, 0.4) is 0 Å². The molecule has 6 nitrogen and oxygen atoms in total. The van der Waals surface area contributed by atoms with Crippen molar-refractivity contribution >= 4 is 11.9 Å². The molecule has 4 rings (SSSR count). The third-order valence-corrected chi connectivity index (χ3v) is 4.84. The van der Waals surface area contributed by atoms with Gasteiger partial charge < -0.3 is 15.0 Å². The number of esters is 1. The summed E-state index contributed by atoms with van der Waals surface area (Å²) in [7, 11) is 0. The molecule has 0 bridgehead atoms. The van der Waals surface area contributed by atoms with Crippen molar-refractivity contribution in [3.63, 3.8) is 0 Å². The van der Waals surface area contributed by atoms with Crippen LogP contribution in [-0.2, 0) is 24.1 Å². The highest BCUT2D eigenvalue weighted by Crippen LogP contribution is 2.34. The SMILES string of the molecule is CCOC(=O)c1cc2c(n1Cc1ccccc1)-c1nc(N)ncc1CCC2. The Kier molecular flexibility index (Phi) is 4.62. The van der Waals surface area contributed by atoms with Crippen LogP contribution >= 0.6 is 0 Å². The first-order valence-corrected chi connectivity index (χ1v) is 9.22. The van der Waals surface area contributed by atoms with E-state index >= 15 is 0 Å². The van der Waals surface area contributed by atoms with E-state index < -0.39 is 0 Å². The largest absolute Gasteiger partial charge is 0.461 e. The topological polar surface area (TPSA) is 83.0 Å². The number of aryl methyl sites for hydroxylation is 2. The molecule has 0 spiro atoms. The van der Waals surface area contributed by atoms with Crippen LogP contribution in [0.2, 0.25) is 0 Å². The number of aromatic nitrogens is 3. The van der Waals surface area contributed by atoms with Crippen molar-refractivity contribution in [2.75, 3.05) is 12.3 Å². The molecule has 0 unspecified atom stereocenters. The number of anilines is 1. The average molecular weight is 362 g/mol. The normalized spacial score (nSPS) is 12.8. The number of nitrogen functional groups attached to an aromatic ring is 1. The zero-order valence-corrected chi connectivity index (χ0v) is 15.3. The first-order valence-electron chi connectivity index (χ1n) is 9.22. The first kappa shape index (κ1) is 17.3. The molecule has 0 amide bonds. The Bertz CT molecular complexity index is 979. The van der Waals surface area contributed by atoms with Gasteiger partial charge in [0, 0.05) is 12.7 Å². The minimum atomic E-state index is -0.315. The second-order valence-corrected chi connectivity index (χ2v) is 6.65. The van der Waals surface area contributed by atoms with E-state index in [1.54, 1.807) is 6.20 Å². The highest BCUT2D eigenvalue weighted by atomic mass is 16.5. The second kappa shape index (κ2) is 7.23. The highest BCUT2D eigenvalue weighted by Gasteiger charge is 2.26. The number of nitrogens with two attached hydrogens (primary N) is 1. The zero-order valence-electron chi connectivity index (χ0n) is 15.3. The lowest BCUT2D eigenvalue weighted by Crippen LogP contribution is -2.14. The van der Waals surface area contributed by atoms with Gasteiger partial charge in [0.15, 0.2) is 0 Å². The van der Waals surface area contributed by atoms with E-state index in [0.29, 0.717) is 18.8 Å². The molecule has 1 aliphatic carbocycles. The zero-order chi connectivity index (χ0) is 18.8. The predicted octanol–water partition coefficient (Wildman–Crippen LogP) is 3.24. The van der Waals surface area contributed by atoms with Crippen molar-refractivity contribution in [2.24, 2.45) is 0 Å². The lowest BCUT2D eigenvalue weighted by atomic mass is 10.1. The van der Waals surface area contributed by atoms with E-state index in [2.05, 4.69) is 9.97 Å². The fraction of sp³-hybridized carbons (Fsp3) is 0.286. The molecule has 27 heavy (non-hydrogen) atoms. The molecule has 138 valence electrons. The van der Waals surface area contributed by atoms with Crippen LogP contribution in [0.25, 0.3) is 11.4 Å². The van der Waals surface area contributed by atoms with Crippen LogP contribution in [0.1, 0.15) is 40.5 Å². The molecular formula is C21H22N4O2. The lowest BCUT2D eigenvalue weighted by Gasteiger charge is -2.15. The molecule has 1 aromatic carbocycles. The van der Waals surface area contributed by atoms with Gasteiger partial charge in [0.05, 0.1) is 18.0 Å². The van der Waals surface area contributed by atoms with E-state index in [9.17, 15) is 4.79 Å². The van der Waals surface area contributed by atoms with Crippen LogP contribution in [0.5, 0.6) is 0 Å². The minimum absolute atomic E-state index is 0.242. The molecule has 6 heteroatoms. The Labute approximate surface area is 158 Å². The summed E-state index contributed by atoms with van der Waals surface area (Å²) in [4.78, 5) is 21.3. The highest BCUT2D eigenvalue weighted by molar-refractivity contribution is 5.90. The molecule has 2 aromatic heterocycles. The van der Waals surface area contributed by atoms with Crippen LogP contribution < -0.4 is 5.73 Å². The number of fused-ring (bicyclic) bond motifs is 3. The van der Waals surface area contributed by atoms with Crippen LogP contribution in [-0.4, -0.2) is 27.1 Å². The number of carbonyl (C=O) groups excluding carboxylic acids is 1. The fourth-order valence-electron chi connectivity index (χ4n) is 3.66. The average Bonchev–Trinajstić information content (AvgIpc) is 2.92. The number of hydrogen-bond acceptors (Lipinski definition) is 5. The van der Waals surface area contributed by atoms with Crippen molar-refractivity contribution in [2.45, 2.75) is 32.7 Å². The Morgan fingerprint density at radius 3 is 2.78 bits per heavy atom. The molecule has 1 aliphatic rings. The summed E-state index contributed by atoms with van der Waals surface area (Å²) in [5.41, 5.74) is 11.5. The smallest absolute Gasteiger partial charge is 0.354 e. The van der Waals surface area contributed by atoms with Crippen molar-refractivity contribution in [1.29, 1.82) is 0 Å². The monoisotopic (exact) mass is 362 g/mol. The minimum Gasteiger partial charge on any atom is -0.461 e. The van der Waals surface area contributed by atoms with Crippen molar-refractivity contribution in [1.82, 2.24) is 14.5 Å². The maximum absolute atomic E-state index is 12.6. The molecule has 0 saturated heterocycles. The molecule has 3 aromatic rings. The third kappa shape index (κ3) is 3.30. The summed E-state index contributed by atoms with van der Waals surface area (Å²) in [6, 6.07) is 12.0. The van der Waals surface area contributed by atoms with Gasteiger partial charge >= 0.3 is 5.97 Å². The van der Waals surface area contributed by atoms with Crippen molar-refractivity contribution in [3.05, 3.63) is 65.0 Å². The maximum atomic E-state index is 12.6. The van der Waals surface area contributed by atoms with Gasteiger partial charge in [-0.3, -0.25) is 0 Å². The third-order valence-electron chi connectivity index (χ3n) is 4.84. The molecule has 0 fully saturated rings. The van der Waals surface area contributed by atoms with Gasteiger partial charge in [-0.25, -0.2) is 14.8 Å². The van der Waals surface area contributed by atoms with Gasteiger partial charge in [0.2, 0.25) is 5.95 Å². The summed E-state index contributed by atoms with van der Waals surface area (Å²) >= 11 is 0. The number of ether oxygens (including phenoxy) is 1. The number of carbonyl (C=O) groups is 1. The van der Waals surface area contributed by atoms with Gasteiger partial charge in [0.1, 0.15) is 5.69 Å². The van der Waals surface area contributed by atoms with E-state index in [-0.39, 0.29) is 11.9 Å². The standard InChI is InChI=1S/C21H22N4O2/c1-2-27-20(26)17-11-15-9-6-10-16-12-23-21(22)24-18(16)19(15)25(17)13-14-7-4-3-5-8-14/h3-5,7-8,11-12H,2,6,9-10,13H2,1H3,(H2,22,23,24). The van der Waals surface area contributed by atoms with E-state index in [4.69, 9.17) is 10.5 Å². The van der Waals surface area contributed by atoms with Gasteiger partial charge in [0.25, 0.3) is 0 Å². The molecular weight excluding hydrogens is 340 g/mol. The summed E-state index contributed by atoms with van der Waals surface area (Å²) in [5.74, 6) is -0.0724. The predicted molar refractivity (Wildman–Crippen MR) is 103 cm³/mol. The Hall–Kier alpha value is -3.15. The Morgan fingerprint density at radius 2 is 2.00 bits per heavy atom. The fourth-order valence-corrected chi connectivity index (χ4v) is 3.66. The van der Waals surface area contributed by atoms with Gasteiger partial charge in [-0.1, -0.05) is 30.3 Å². The van der Waals surface area contributed by atoms with Crippen LogP contribution in [0.4, 0.5) is 5.95 Å². The number of benzene rings is 1. The van der Waals surface area contributed by atoms with E-state index in [0.717, 1.165) is 47.3 Å². The molecule has 0 aliphatic heterocycles. The van der Waals surface area contributed by atoms with Gasteiger partial charge in [-0.15, -0.1) is 0 Å². The molecule has 2 heterocycles. The summed E-state index contributed by atoms with van der Waals surface area (Å²) in [6.45, 7) is 2.72. The summed E-state index contributed by atoms with van der Waals surface area (Å²) in [6.07, 6.45) is 4.55. The quantitative estimate of drug-likeness (QED) is 0.721. The van der Waals surface area contributed by atoms with Gasteiger partial charge in [-0.05, 0) is 48.9 Å².